The minimum absolute atomic E-state index is 0.0311. The SMILES string of the molecule is CC(C)C1CCCCC1NS(=O)(=O)c1ccc(CO)o1. The van der Waals surface area contributed by atoms with E-state index in [1.807, 2.05) is 0 Å². The van der Waals surface area contributed by atoms with Gasteiger partial charge in [-0.15, -0.1) is 0 Å². The van der Waals surface area contributed by atoms with Gasteiger partial charge in [0.2, 0.25) is 5.09 Å². The topological polar surface area (TPSA) is 79.5 Å². The Morgan fingerprint density at radius 1 is 1.35 bits per heavy atom. The molecule has 114 valence electrons. The maximum absolute atomic E-state index is 12.3. The second-order valence-corrected chi connectivity index (χ2v) is 7.44. The van der Waals surface area contributed by atoms with E-state index in [1.54, 1.807) is 0 Å². The number of aliphatic hydroxyl groups is 1. The van der Waals surface area contributed by atoms with Crippen LogP contribution >= 0.6 is 0 Å². The quantitative estimate of drug-likeness (QED) is 0.874. The van der Waals surface area contributed by atoms with Gasteiger partial charge in [0.25, 0.3) is 10.0 Å². The first kappa shape index (κ1) is 15.5. The van der Waals surface area contributed by atoms with Crippen molar-refractivity contribution in [2.24, 2.45) is 11.8 Å². The summed E-state index contributed by atoms with van der Waals surface area (Å²) in [4.78, 5) is 0. The largest absolute Gasteiger partial charge is 0.446 e. The van der Waals surface area contributed by atoms with E-state index in [1.165, 1.54) is 12.1 Å². The molecule has 1 aliphatic rings. The molecule has 6 heteroatoms. The first-order chi connectivity index (χ1) is 9.44. The molecule has 1 aromatic heterocycles. The standard InChI is InChI=1S/C14H23NO4S/c1-10(2)12-5-3-4-6-13(12)15-20(17,18)14-8-7-11(9-16)19-14/h7-8,10,12-13,15-16H,3-6,9H2,1-2H3. The summed E-state index contributed by atoms with van der Waals surface area (Å²) in [5.74, 6) is 1.08. The fraction of sp³-hybridized carbons (Fsp3) is 0.714. The van der Waals surface area contributed by atoms with Gasteiger partial charge < -0.3 is 9.52 Å². The van der Waals surface area contributed by atoms with Crippen LogP contribution < -0.4 is 4.72 Å². The third kappa shape index (κ3) is 3.42. The van der Waals surface area contributed by atoms with E-state index in [2.05, 4.69) is 18.6 Å². The number of sulfonamides is 1. The molecule has 2 unspecified atom stereocenters. The van der Waals surface area contributed by atoms with E-state index < -0.39 is 10.0 Å². The molecule has 0 aromatic carbocycles. The second kappa shape index (κ2) is 6.28. The van der Waals surface area contributed by atoms with Gasteiger partial charge in [0.15, 0.2) is 0 Å². The van der Waals surface area contributed by atoms with Crippen molar-refractivity contribution in [3.63, 3.8) is 0 Å². The van der Waals surface area contributed by atoms with Crippen molar-refractivity contribution >= 4 is 10.0 Å². The molecule has 0 radical (unpaired) electrons. The highest BCUT2D eigenvalue weighted by molar-refractivity contribution is 7.89. The molecule has 1 fully saturated rings. The lowest BCUT2D eigenvalue weighted by Gasteiger charge is -2.34. The lowest BCUT2D eigenvalue weighted by atomic mass is 9.78. The first-order valence-corrected chi connectivity index (χ1v) is 8.64. The molecule has 1 aromatic rings. The highest BCUT2D eigenvalue weighted by Gasteiger charge is 2.32. The van der Waals surface area contributed by atoms with Gasteiger partial charge in [-0.25, -0.2) is 13.1 Å². The Hall–Kier alpha value is -0.850. The van der Waals surface area contributed by atoms with Gasteiger partial charge in [-0.3, -0.25) is 0 Å². The van der Waals surface area contributed by atoms with Crippen LogP contribution in [0, 0.1) is 11.8 Å². The Balaban J connectivity index is 2.14. The number of aliphatic hydroxyl groups excluding tert-OH is 1. The molecule has 0 saturated heterocycles. The van der Waals surface area contributed by atoms with Gasteiger partial charge in [-0.2, -0.15) is 0 Å². The molecule has 2 N–H and O–H groups in total. The van der Waals surface area contributed by atoms with Gasteiger partial charge in [0.05, 0.1) is 0 Å². The third-order valence-electron chi connectivity index (χ3n) is 4.04. The zero-order chi connectivity index (χ0) is 14.8. The molecule has 0 aliphatic heterocycles. The van der Waals surface area contributed by atoms with E-state index in [0.29, 0.717) is 11.8 Å². The van der Waals surface area contributed by atoms with Crippen LogP contribution in [0.5, 0.6) is 0 Å². The summed E-state index contributed by atoms with van der Waals surface area (Å²) in [6.45, 7) is 3.97. The maximum Gasteiger partial charge on any atom is 0.274 e. The van der Waals surface area contributed by atoms with Crippen LogP contribution in [0.15, 0.2) is 21.6 Å². The van der Waals surface area contributed by atoms with Crippen molar-refractivity contribution in [3.05, 3.63) is 17.9 Å². The first-order valence-electron chi connectivity index (χ1n) is 7.16. The van der Waals surface area contributed by atoms with Crippen LogP contribution in [0.2, 0.25) is 0 Å². The molecular weight excluding hydrogens is 278 g/mol. The lowest BCUT2D eigenvalue weighted by molar-refractivity contribution is 0.223. The molecule has 2 atom stereocenters. The third-order valence-corrected chi connectivity index (χ3v) is 5.40. The summed E-state index contributed by atoms with van der Waals surface area (Å²) >= 11 is 0. The Bertz CT molecular complexity index is 535. The average Bonchev–Trinajstić information content (AvgIpc) is 2.88. The zero-order valence-electron chi connectivity index (χ0n) is 12.0. The van der Waals surface area contributed by atoms with Crippen molar-refractivity contribution in [3.8, 4) is 0 Å². The molecule has 5 nitrogen and oxygen atoms in total. The second-order valence-electron chi connectivity index (χ2n) is 5.80. The van der Waals surface area contributed by atoms with E-state index in [0.717, 1.165) is 25.7 Å². The van der Waals surface area contributed by atoms with E-state index >= 15 is 0 Å². The molecule has 1 heterocycles. The van der Waals surface area contributed by atoms with Crippen molar-refractivity contribution < 1.29 is 17.9 Å². The summed E-state index contributed by atoms with van der Waals surface area (Å²) in [5, 5.41) is 8.83. The Labute approximate surface area is 120 Å². The predicted molar refractivity (Wildman–Crippen MR) is 75.5 cm³/mol. The van der Waals surface area contributed by atoms with Crippen LogP contribution in [-0.4, -0.2) is 19.6 Å². The van der Waals surface area contributed by atoms with Crippen LogP contribution in [0.25, 0.3) is 0 Å². The van der Waals surface area contributed by atoms with Crippen molar-refractivity contribution in [1.29, 1.82) is 0 Å². The molecular formula is C14H23NO4S. The van der Waals surface area contributed by atoms with Crippen LogP contribution in [0.1, 0.15) is 45.3 Å². The highest BCUT2D eigenvalue weighted by Crippen LogP contribution is 2.31. The Morgan fingerprint density at radius 3 is 2.65 bits per heavy atom. The van der Waals surface area contributed by atoms with Crippen LogP contribution in [-0.2, 0) is 16.6 Å². The summed E-state index contributed by atoms with van der Waals surface area (Å²) < 4.78 is 32.5. The molecule has 0 amide bonds. The average molecular weight is 301 g/mol. The predicted octanol–water partition coefficient (Wildman–Crippen LogP) is 2.27. The number of nitrogens with one attached hydrogen (secondary N) is 1. The molecule has 20 heavy (non-hydrogen) atoms. The highest BCUT2D eigenvalue weighted by atomic mass is 32.2. The number of rotatable bonds is 5. The fourth-order valence-corrected chi connectivity index (χ4v) is 4.22. The smallest absolute Gasteiger partial charge is 0.274 e. The Morgan fingerprint density at radius 2 is 2.05 bits per heavy atom. The zero-order valence-corrected chi connectivity index (χ0v) is 12.8. The number of hydrogen-bond acceptors (Lipinski definition) is 4. The van der Waals surface area contributed by atoms with Crippen LogP contribution in [0.3, 0.4) is 0 Å². The minimum atomic E-state index is -3.64. The van der Waals surface area contributed by atoms with Gasteiger partial charge in [0.1, 0.15) is 12.4 Å². The van der Waals surface area contributed by atoms with Crippen molar-refractivity contribution in [2.75, 3.05) is 0 Å². The van der Waals surface area contributed by atoms with Gasteiger partial charge in [-0.1, -0.05) is 26.7 Å². The molecule has 1 saturated carbocycles. The van der Waals surface area contributed by atoms with Crippen LogP contribution in [0.4, 0.5) is 0 Å². The Kier molecular flexibility index (Phi) is 4.88. The monoisotopic (exact) mass is 301 g/mol. The van der Waals surface area contributed by atoms with E-state index in [4.69, 9.17) is 9.52 Å². The molecule has 2 rings (SSSR count). The molecule has 1 aliphatic carbocycles. The summed E-state index contributed by atoms with van der Waals surface area (Å²) in [6, 6.07) is 2.84. The number of hydrogen-bond donors (Lipinski definition) is 2. The molecule has 0 bridgehead atoms. The van der Waals surface area contributed by atoms with Gasteiger partial charge in [-0.05, 0) is 36.8 Å². The molecule has 0 spiro atoms. The lowest BCUT2D eigenvalue weighted by Crippen LogP contribution is -2.43. The fourth-order valence-electron chi connectivity index (χ4n) is 2.95. The normalized spacial score (nSPS) is 24.2. The van der Waals surface area contributed by atoms with Crippen molar-refractivity contribution in [2.45, 2.75) is 57.3 Å². The van der Waals surface area contributed by atoms with E-state index in [-0.39, 0.29) is 23.5 Å². The summed E-state index contributed by atoms with van der Waals surface area (Å²) in [7, 11) is -3.64. The van der Waals surface area contributed by atoms with Gasteiger partial charge in [0, 0.05) is 6.04 Å². The number of furan rings is 1. The maximum atomic E-state index is 12.3. The van der Waals surface area contributed by atoms with Gasteiger partial charge >= 0.3 is 0 Å². The summed E-state index contributed by atoms with van der Waals surface area (Å²) in [6.07, 6.45) is 4.15. The minimum Gasteiger partial charge on any atom is -0.446 e. The summed E-state index contributed by atoms with van der Waals surface area (Å²) in [5.41, 5.74) is 0. The van der Waals surface area contributed by atoms with E-state index in [9.17, 15) is 8.42 Å². The van der Waals surface area contributed by atoms with Crippen molar-refractivity contribution in [1.82, 2.24) is 4.72 Å².